The summed E-state index contributed by atoms with van der Waals surface area (Å²) in [6.07, 6.45) is -0.215. The van der Waals surface area contributed by atoms with Crippen LogP contribution < -0.4 is 9.64 Å². The van der Waals surface area contributed by atoms with E-state index < -0.39 is 6.36 Å². The Kier molecular flexibility index (Phi) is 10.7. The summed E-state index contributed by atoms with van der Waals surface area (Å²) in [4.78, 5) is 24.3. The molecule has 2 unspecified atom stereocenters. The van der Waals surface area contributed by atoms with E-state index in [1.807, 2.05) is 24.3 Å². The van der Waals surface area contributed by atoms with Crippen molar-refractivity contribution in [2.75, 3.05) is 10.7 Å². The Morgan fingerprint density at radius 3 is 2.47 bits per heavy atom. The molecule has 47 heavy (non-hydrogen) atoms. The van der Waals surface area contributed by atoms with E-state index in [4.69, 9.17) is 0 Å². The Morgan fingerprint density at radius 2 is 1.79 bits per heavy atom. The zero-order valence-electron chi connectivity index (χ0n) is 27.3. The van der Waals surface area contributed by atoms with E-state index in [9.17, 15) is 18.0 Å². The van der Waals surface area contributed by atoms with Crippen LogP contribution in [0.5, 0.6) is 5.75 Å². The number of aryl methyl sites for hydroxylation is 1. The molecular weight excluding hydrogens is 623 g/mol. The lowest BCUT2D eigenvalue weighted by Gasteiger charge is -2.37. The van der Waals surface area contributed by atoms with Crippen LogP contribution in [0.25, 0.3) is 17.1 Å². The Labute approximate surface area is 278 Å². The highest BCUT2D eigenvalue weighted by atomic mass is 32.2. The second kappa shape index (κ2) is 14.8. The lowest BCUT2D eigenvalue weighted by molar-refractivity contribution is -0.274. The molecular formula is C36H40F3N5O2S. The maximum atomic E-state index is 13.1. The lowest BCUT2D eigenvalue weighted by Crippen LogP contribution is -2.42. The number of halogens is 3. The van der Waals surface area contributed by atoms with Crippen LogP contribution in [0, 0.1) is 6.92 Å². The highest BCUT2D eigenvalue weighted by Crippen LogP contribution is 2.36. The van der Waals surface area contributed by atoms with Gasteiger partial charge >= 0.3 is 6.36 Å². The van der Waals surface area contributed by atoms with Gasteiger partial charge in [0.2, 0.25) is 5.91 Å². The smallest absolute Gasteiger partial charge is 0.406 e. The Morgan fingerprint density at radius 1 is 1.06 bits per heavy atom. The van der Waals surface area contributed by atoms with Crippen molar-refractivity contribution in [1.82, 2.24) is 14.8 Å². The number of nitrogens with zero attached hydrogens (tertiary/aromatic N) is 5. The summed E-state index contributed by atoms with van der Waals surface area (Å²) in [6.45, 7) is 10.9. The first-order valence-corrected chi connectivity index (χ1v) is 16.9. The SMILES string of the molecule is Cc1ccc(C(C)C)c(N2C(=NC(=O)CCCC(C)c3ccc(-c4ncn(-c5ccc(OC(F)(F)F)cc5)n4)cc3)SCCC2C)c1. The van der Waals surface area contributed by atoms with Gasteiger partial charge in [0.15, 0.2) is 11.0 Å². The minimum atomic E-state index is -4.74. The number of hydrogen-bond donors (Lipinski definition) is 0. The molecule has 1 aliphatic heterocycles. The van der Waals surface area contributed by atoms with Crippen molar-refractivity contribution in [2.24, 2.45) is 4.99 Å². The summed E-state index contributed by atoms with van der Waals surface area (Å²) in [7, 11) is 0. The van der Waals surface area contributed by atoms with Crippen LogP contribution in [0.2, 0.25) is 0 Å². The number of rotatable bonds is 10. The van der Waals surface area contributed by atoms with Crippen molar-refractivity contribution in [1.29, 1.82) is 0 Å². The van der Waals surface area contributed by atoms with Gasteiger partial charge in [-0.3, -0.25) is 4.79 Å². The van der Waals surface area contributed by atoms with Crippen LogP contribution in [0.4, 0.5) is 18.9 Å². The highest BCUT2D eigenvalue weighted by Gasteiger charge is 2.31. The average Bonchev–Trinajstić information content (AvgIpc) is 3.51. The topological polar surface area (TPSA) is 72.6 Å². The van der Waals surface area contributed by atoms with Gasteiger partial charge in [-0.2, -0.15) is 4.99 Å². The monoisotopic (exact) mass is 663 g/mol. The van der Waals surface area contributed by atoms with Crippen LogP contribution in [0.15, 0.2) is 78.0 Å². The number of ether oxygens (including phenoxy) is 1. The Balaban J connectivity index is 1.17. The number of carbonyl (C=O) groups excluding carboxylic acids is 1. The third-order valence-electron chi connectivity index (χ3n) is 8.29. The number of anilines is 1. The molecule has 0 saturated carbocycles. The van der Waals surface area contributed by atoms with Crippen molar-refractivity contribution in [3.63, 3.8) is 0 Å². The molecule has 0 radical (unpaired) electrons. The number of amides is 1. The normalized spacial score (nSPS) is 16.9. The van der Waals surface area contributed by atoms with Gasteiger partial charge in [-0.25, -0.2) is 9.67 Å². The van der Waals surface area contributed by atoms with Crippen LogP contribution in [-0.2, 0) is 4.79 Å². The molecule has 0 spiro atoms. The van der Waals surface area contributed by atoms with Gasteiger partial charge in [0.1, 0.15) is 12.1 Å². The second-order valence-corrected chi connectivity index (χ2v) is 13.4. The average molecular weight is 664 g/mol. The summed E-state index contributed by atoms with van der Waals surface area (Å²) < 4.78 is 42.8. The molecule has 5 rings (SSSR count). The molecule has 1 aliphatic rings. The van der Waals surface area contributed by atoms with Crippen LogP contribution in [0.1, 0.15) is 81.9 Å². The molecule has 248 valence electrons. The molecule has 2 heterocycles. The summed E-state index contributed by atoms with van der Waals surface area (Å²) >= 11 is 1.66. The zero-order valence-corrected chi connectivity index (χ0v) is 28.1. The van der Waals surface area contributed by atoms with Gasteiger partial charge in [-0.15, -0.1) is 18.3 Å². The quantitative estimate of drug-likeness (QED) is 0.168. The number of carbonyl (C=O) groups is 1. The van der Waals surface area contributed by atoms with E-state index in [-0.39, 0.29) is 23.6 Å². The molecule has 1 fully saturated rings. The summed E-state index contributed by atoms with van der Waals surface area (Å²) in [5.41, 5.74) is 6.14. The first kappa shape index (κ1) is 34.2. The minimum absolute atomic E-state index is 0.0860. The molecule has 2 atom stereocenters. The van der Waals surface area contributed by atoms with Gasteiger partial charge in [0, 0.05) is 29.5 Å². The van der Waals surface area contributed by atoms with Gasteiger partial charge in [0.05, 0.1) is 5.69 Å². The fourth-order valence-electron chi connectivity index (χ4n) is 5.65. The van der Waals surface area contributed by atoms with Crippen molar-refractivity contribution in [3.05, 3.63) is 89.7 Å². The standard InChI is InChI=1S/C36H40F3N5O2S/c1-23(2)31-18-9-24(3)21-32(31)44-26(5)19-20-47-35(44)41-33(45)8-6-7-25(4)27-10-12-28(13-11-27)34-40-22-43(42-34)29-14-16-30(17-15-29)46-36(37,38)39/h9-18,21-23,25-26H,6-8,19-20H2,1-5H3. The number of aromatic nitrogens is 3. The first-order valence-electron chi connectivity index (χ1n) is 15.9. The van der Waals surface area contributed by atoms with Gasteiger partial charge in [0.25, 0.3) is 0 Å². The van der Waals surface area contributed by atoms with E-state index >= 15 is 0 Å². The fraction of sp³-hybridized carbons (Fsp3) is 0.389. The Bertz CT molecular complexity index is 1700. The zero-order chi connectivity index (χ0) is 33.7. The molecule has 1 saturated heterocycles. The third-order valence-corrected chi connectivity index (χ3v) is 9.28. The van der Waals surface area contributed by atoms with Crippen LogP contribution in [-0.4, -0.2) is 44.0 Å². The van der Waals surface area contributed by atoms with Crippen molar-refractivity contribution in [2.45, 2.75) is 84.5 Å². The van der Waals surface area contributed by atoms with Gasteiger partial charge < -0.3 is 9.64 Å². The number of thioether (sulfide) groups is 1. The van der Waals surface area contributed by atoms with E-state index in [0.717, 1.165) is 47.0 Å². The molecule has 0 bridgehead atoms. The summed E-state index contributed by atoms with van der Waals surface area (Å²) in [5, 5.41) is 5.28. The van der Waals surface area contributed by atoms with E-state index in [1.165, 1.54) is 46.4 Å². The molecule has 4 aromatic rings. The number of benzene rings is 3. The predicted molar refractivity (Wildman–Crippen MR) is 182 cm³/mol. The molecule has 1 aromatic heterocycles. The second-order valence-electron chi connectivity index (χ2n) is 12.3. The van der Waals surface area contributed by atoms with Crippen LogP contribution in [0.3, 0.4) is 0 Å². The first-order chi connectivity index (χ1) is 22.4. The van der Waals surface area contributed by atoms with Crippen LogP contribution >= 0.6 is 11.8 Å². The number of aliphatic imine (C=N–C) groups is 1. The number of hydrogen-bond acceptors (Lipinski definition) is 5. The number of alkyl halides is 3. The molecule has 7 nitrogen and oxygen atoms in total. The summed E-state index contributed by atoms with van der Waals surface area (Å²) in [6, 6.07) is 20.2. The lowest BCUT2D eigenvalue weighted by atomic mass is 9.94. The minimum Gasteiger partial charge on any atom is -0.406 e. The van der Waals surface area contributed by atoms with Gasteiger partial charge in [-0.05, 0) is 92.0 Å². The van der Waals surface area contributed by atoms with Crippen molar-refractivity contribution >= 4 is 28.5 Å². The maximum absolute atomic E-state index is 13.1. The third kappa shape index (κ3) is 8.82. The molecule has 0 N–H and O–H groups in total. The molecule has 11 heteroatoms. The maximum Gasteiger partial charge on any atom is 0.573 e. The molecule has 1 amide bonds. The Hall–Kier alpha value is -4.12. The highest BCUT2D eigenvalue weighted by molar-refractivity contribution is 8.14. The largest absolute Gasteiger partial charge is 0.573 e. The van der Waals surface area contributed by atoms with E-state index in [0.29, 0.717) is 23.9 Å². The molecule has 0 aliphatic carbocycles. The number of amidine groups is 1. The fourth-order valence-corrected chi connectivity index (χ4v) is 6.88. The van der Waals surface area contributed by atoms with Crippen molar-refractivity contribution < 1.29 is 22.7 Å². The summed E-state index contributed by atoms with van der Waals surface area (Å²) in [5.74, 6) is 1.67. The van der Waals surface area contributed by atoms with Gasteiger partial charge in [-0.1, -0.05) is 68.9 Å². The van der Waals surface area contributed by atoms with E-state index in [1.54, 1.807) is 11.8 Å². The van der Waals surface area contributed by atoms with E-state index in [2.05, 4.69) is 77.5 Å². The molecule has 3 aromatic carbocycles. The predicted octanol–water partition coefficient (Wildman–Crippen LogP) is 9.45. The van der Waals surface area contributed by atoms with Crippen molar-refractivity contribution in [3.8, 4) is 22.8 Å².